The molecule has 3 unspecified atom stereocenters. The molecule has 0 spiro atoms. The standard InChI is InChI=1S/C21H35I/c1-3-16-4-6-17(7-5-16)18-8-10-19(11-9-18)20-12-13-21(22)15(2)14-20/h3,15-21H,1,4-14H2,2H3. The zero-order chi connectivity index (χ0) is 15.5. The van der Waals surface area contributed by atoms with Crippen molar-refractivity contribution in [1.29, 1.82) is 0 Å². The first kappa shape index (κ1) is 17.3. The van der Waals surface area contributed by atoms with Crippen molar-refractivity contribution < 1.29 is 0 Å². The summed E-state index contributed by atoms with van der Waals surface area (Å²) in [5.74, 6) is 6.07. The smallest absolute Gasteiger partial charge is 0.0135 e. The fraction of sp³-hybridized carbons (Fsp3) is 0.905. The Morgan fingerprint density at radius 3 is 1.68 bits per heavy atom. The van der Waals surface area contributed by atoms with Crippen molar-refractivity contribution in [2.75, 3.05) is 0 Å². The number of alkyl halides is 1. The Hall–Kier alpha value is 0.470. The Morgan fingerprint density at radius 2 is 1.18 bits per heavy atom. The van der Waals surface area contributed by atoms with Crippen LogP contribution in [-0.2, 0) is 0 Å². The highest BCUT2D eigenvalue weighted by Gasteiger charge is 2.35. The lowest BCUT2D eigenvalue weighted by molar-refractivity contribution is 0.109. The van der Waals surface area contributed by atoms with Crippen LogP contribution in [0.2, 0.25) is 0 Å². The molecular weight excluding hydrogens is 379 g/mol. The van der Waals surface area contributed by atoms with E-state index < -0.39 is 0 Å². The third-order valence-electron chi connectivity index (χ3n) is 7.40. The third kappa shape index (κ3) is 4.11. The molecule has 0 aromatic heterocycles. The second-order valence-corrected chi connectivity index (χ2v) is 10.3. The molecule has 0 aromatic rings. The molecule has 3 aliphatic rings. The van der Waals surface area contributed by atoms with Crippen molar-refractivity contribution in [1.82, 2.24) is 0 Å². The lowest BCUT2D eigenvalue weighted by Gasteiger charge is -2.42. The first-order valence-electron chi connectivity index (χ1n) is 9.94. The van der Waals surface area contributed by atoms with E-state index in [1.54, 1.807) is 25.7 Å². The molecule has 0 saturated heterocycles. The number of rotatable bonds is 3. The van der Waals surface area contributed by atoms with Gasteiger partial charge in [-0.05, 0) is 106 Å². The minimum absolute atomic E-state index is 0.831. The Kier molecular flexibility index (Phi) is 6.31. The van der Waals surface area contributed by atoms with E-state index >= 15 is 0 Å². The number of halogens is 1. The normalized spacial score (nSPS) is 47.1. The maximum Gasteiger partial charge on any atom is 0.0135 e. The predicted octanol–water partition coefficient (Wildman–Crippen LogP) is 7.03. The van der Waals surface area contributed by atoms with Crippen LogP contribution in [0.3, 0.4) is 0 Å². The molecule has 0 aromatic carbocycles. The average Bonchev–Trinajstić information content (AvgIpc) is 2.58. The Morgan fingerprint density at radius 1 is 0.727 bits per heavy atom. The van der Waals surface area contributed by atoms with E-state index in [1.807, 2.05) is 0 Å². The Balaban J connectivity index is 1.44. The van der Waals surface area contributed by atoms with Crippen LogP contribution in [0, 0.1) is 35.5 Å². The summed E-state index contributed by atoms with van der Waals surface area (Å²) >= 11 is 2.69. The van der Waals surface area contributed by atoms with Gasteiger partial charge in [0, 0.05) is 3.92 Å². The fourth-order valence-corrected chi connectivity index (χ4v) is 6.42. The van der Waals surface area contributed by atoms with Gasteiger partial charge < -0.3 is 0 Å². The van der Waals surface area contributed by atoms with Gasteiger partial charge in [0.15, 0.2) is 0 Å². The Labute approximate surface area is 152 Å². The maximum atomic E-state index is 3.99. The van der Waals surface area contributed by atoms with E-state index in [9.17, 15) is 0 Å². The summed E-state index contributed by atoms with van der Waals surface area (Å²) in [5, 5.41) is 0. The molecular formula is C21H35I. The summed E-state index contributed by atoms with van der Waals surface area (Å²) < 4.78 is 0.949. The molecule has 3 fully saturated rings. The third-order valence-corrected chi connectivity index (χ3v) is 9.26. The largest absolute Gasteiger partial charge is 0.103 e. The second-order valence-electron chi connectivity index (χ2n) is 8.65. The quantitative estimate of drug-likeness (QED) is 0.264. The van der Waals surface area contributed by atoms with Crippen LogP contribution in [0.4, 0.5) is 0 Å². The minimum atomic E-state index is 0.831. The molecule has 22 heavy (non-hydrogen) atoms. The molecule has 0 bridgehead atoms. The van der Waals surface area contributed by atoms with Crippen molar-refractivity contribution in [3.8, 4) is 0 Å². The SMILES string of the molecule is C=CC1CCC(C2CCC(C3CCC(I)C(C)C3)CC2)CC1. The summed E-state index contributed by atoms with van der Waals surface area (Å²) in [6, 6.07) is 0. The summed E-state index contributed by atoms with van der Waals surface area (Å²) in [6.45, 7) is 6.49. The first-order valence-corrected chi connectivity index (χ1v) is 11.2. The van der Waals surface area contributed by atoms with Gasteiger partial charge in [0.25, 0.3) is 0 Å². The molecule has 0 aliphatic heterocycles. The van der Waals surface area contributed by atoms with Crippen LogP contribution in [0.1, 0.15) is 77.6 Å². The molecule has 126 valence electrons. The van der Waals surface area contributed by atoms with Crippen LogP contribution >= 0.6 is 22.6 Å². The summed E-state index contributed by atoms with van der Waals surface area (Å²) in [5.41, 5.74) is 0. The monoisotopic (exact) mass is 414 g/mol. The van der Waals surface area contributed by atoms with Gasteiger partial charge in [0.1, 0.15) is 0 Å². The van der Waals surface area contributed by atoms with Crippen LogP contribution in [0.25, 0.3) is 0 Å². The molecule has 3 rings (SSSR count). The van der Waals surface area contributed by atoms with Gasteiger partial charge >= 0.3 is 0 Å². The first-order chi connectivity index (χ1) is 10.7. The minimum Gasteiger partial charge on any atom is -0.103 e. The fourth-order valence-electron chi connectivity index (χ4n) is 5.77. The molecule has 3 aliphatic carbocycles. The highest BCUT2D eigenvalue weighted by atomic mass is 127. The van der Waals surface area contributed by atoms with Gasteiger partial charge in [0.2, 0.25) is 0 Å². The summed E-state index contributed by atoms with van der Waals surface area (Å²) in [7, 11) is 0. The van der Waals surface area contributed by atoms with Crippen LogP contribution in [0.15, 0.2) is 12.7 Å². The van der Waals surface area contributed by atoms with Crippen molar-refractivity contribution >= 4 is 22.6 Å². The molecule has 0 heterocycles. The van der Waals surface area contributed by atoms with Gasteiger partial charge in [-0.15, -0.1) is 6.58 Å². The van der Waals surface area contributed by atoms with E-state index in [0.29, 0.717) is 0 Å². The van der Waals surface area contributed by atoms with E-state index in [4.69, 9.17) is 0 Å². The van der Waals surface area contributed by atoms with E-state index in [0.717, 1.165) is 39.4 Å². The Bertz CT molecular complexity index is 347. The number of allylic oxidation sites excluding steroid dienone is 1. The van der Waals surface area contributed by atoms with Crippen molar-refractivity contribution in [2.45, 2.75) is 81.5 Å². The lowest BCUT2D eigenvalue weighted by Crippen LogP contribution is -2.32. The van der Waals surface area contributed by atoms with E-state index in [1.165, 1.54) is 44.9 Å². The van der Waals surface area contributed by atoms with Crippen molar-refractivity contribution in [3.05, 3.63) is 12.7 Å². The number of hydrogen-bond donors (Lipinski definition) is 0. The van der Waals surface area contributed by atoms with Gasteiger partial charge in [-0.1, -0.05) is 35.6 Å². The van der Waals surface area contributed by atoms with Gasteiger partial charge in [0.05, 0.1) is 0 Å². The molecule has 3 atom stereocenters. The predicted molar refractivity (Wildman–Crippen MR) is 105 cm³/mol. The van der Waals surface area contributed by atoms with Crippen molar-refractivity contribution in [3.63, 3.8) is 0 Å². The zero-order valence-corrected chi connectivity index (χ0v) is 16.6. The van der Waals surface area contributed by atoms with Gasteiger partial charge in [-0.25, -0.2) is 0 Å². The zero-order valence-electron chi connectivity index (χ0n) is 14.5. The summed E-state index contributed by atoms with van der Waals surface area (Å²) in [6.07, 6.45) is 18.8. The lowest BCUT2D eigenvalue weighted by atomic mass is 9.65. The van der Waals surface area contributed by atoms with Crippen LogP contribution in [0.5, 0.6) is 0 Å². The molecule has 1 heteroatoms. The molecule has 0 radical (unpaired) electrons. The van der Waals surface area contributed by atoms with E-state index in [2.05, 4.69) is 42.2 Å². The average molecular weight is 414 g/mol. The molecule has 0 nitrogen and oxygen atoms in total. The van der Waals surface area contributed by atoms with Gasteiger partial charge in [-0.2, -0.15) is 0 Å². The highest BCUT2D eigenvalue weighted by Crippen LogP contribution is 2.46. The number of hydrogen-bond acceptors (Lipinski definition) is 0. The molecule has 0 N–H and O–H groups in total. The topological polar surface area (TPSA) is 0 Å². The maximum absolute atomic E-state index is 3.99. The van der Waals surface area contributed by atoms with Crippen LogP contribution < -0.4 is 0 Å². The van der Waals surface area contributed by atoms with Gasteiger partial charge in [-0.3, -0.25) is 0 Å². The second kappa shape index (κ2) is 8.03. The summed E-state index contributed by atoms with van der Waals surface area (Å²) in [4.78, 5) is 0. The van der Waals surface area contributed by atoms with Crippen molar-refractivity contribution in [2.24, 2.45) is 35.5 Å². The molecule has 0 amide bonds. The van der Waals surface area contributed by atoms with E-state index in [-0.39, 0.29) is 0 Å². The molecule has 3 saturated carbocycles. The highest BCUT2D eigenvalue weighted by molar-refractivity contribution is 14.1. The van der Waals surface area contributed by atoms with Crippen LogP contribution in [-0.4, -0.2) is 3.92 Å².